The molecule has 94 valence electrons. The summed E-state index contributed by atoms with van der Waals surface area (Å²) in [7, 11) is 0. The number of benzene rings is 1. The normalized spacial score (nSPS) is 17.6. The Labute approximate surface area is 107 Å². The van der Waals surface area contributed by atoms with E-state index in [1.165, 1.54) is 11.3 Å². The molecule has 3 rings (SSSR count). The molecule has 0 saturated heterocycles. The summed E-state index contributed by atoms with van der Waals surface area (Å²) in [6, 6.07) is 8.46. The van der Waals surface area contributed by atoms with Crippen LogP contribution in [-0.4, -0.2) is 21.3 Å². The van der Waals surface area contributed by atoms with Gasteiger partial charge in [-0.2, -0.15) is 0 Å². The summed E-state index contributed by atoms with van der Waals surface area (Å²) < 4.78 is 2.24. The van der Waals surface area contributed by atoms with Crippen molar-refractivity contribution in [3.63, 3.8) is 0 Å². The minimum Gasteiger partial charge on any atom is -0.384 e. The van der Waals surface area contributed by atoms with E-state index in [0.717, 1.165) is 31.2 Å². The van der Waals surface area contributed by atoms with Crippen LogP contribution in [-0.2, 0) is 6.54 Å². The van der Waals surface area contributed by atoms with Gasteiger partial charge in [-0.1, -0.05) is 25.1 Å². The highest BCUT2D eigenvalue weighted by molar-refractivity contribution is 5.59. The molecule has 1 aromatic heterocycles. The Hall–Kier alpha value is -1.84. The second-order valence-corrected chi connectivity index (χ2v) is 4.78. The zero-order valence-corrected chi connectivity index (χ0v) is 10.8. The molecule has 0 spiro atoms. The first kappa shape index (κ1) is 11.3. The number of hydrogen-bond acceptors (Lipinski definition) is 3. The molecule has 0 aliphatic carbocycles. The van der Waals surface area contributed by atoms with Crippen LogP contribution in [0, 0.1) is 6.92 Å². The molecule has 0 radical (unpaired) electrons. The summed E-state index contributed by atoms with van der Waals surface area (Å²) in [5.41, 5.74) is 2.56. The van der Waals surface area contributed by atoms with Gasteiger partial charge in [-0.05, 0) is 25.0 Å². The smallest absolute Gasteiger partial charge is 0.142 e. The largest absolute Gasteiger partial charge is 0.384 e. The fourth-order valence-corrected chi connectivity index (χ4v) is 2.67. The summed E-state index contributed by atoms with van der Waals surface area (Å²) in [5.74, 6) is 2.43. The Morgan fingerprint density at radius 3 is 3.00 bits per heavy atom. The Balaban J connectivity index is 2.02. The zero-order chi connectivity index (χ0) is 12.5. The van der Waals surface area contributed by atoms with Gasteiger partial charge in [0.15, 0.2) is 0 Å². The third kappa shape index (κ3) is 1.68. The first-order valence-corrected chi connectivity index (χ1v) is 6.53. The van der Waals surface area contributed by atoms with Crippen molar-refractivity contribution in [2.45, 2.75) is 32.7 Å². The number of para-hydroxylation sites is 1. The van der Waals surface area contributed by atoms with Gasteiger partial charge in [0.1, 0.15) is 11.6 Å². The average molecular weight is 242 g/mol. The van der Waals surface area contributed by atoms with Crippen molar-refractivity contribution < 1.29 is 0 Å². The van der Waals surface area contributed by atoms with Crippen molar-refractivity contribution in [2.75, 3.05) is 11.9 Å². The van der Waals surface area contributed by atoms with Crippen LogP contribution in [0.3, 0.4) is 0 Å². The molecule has 0 fully saturated rings. The van der Waals surface area contributed by atoms with Crippen LogP contribution in [0.4, 0.5) is 5.69 Å². The Morgan fingerprint density at radius 2 is 2.17 bits per heavy atom. The maximum absolute atomic E-state index is 4.39. The standard InChI is InChI=1S/C14H18N4/c1-3-8-18-10(2)16-17-14(18)12-9-15-13-7-5-4-6-11(12)13/h4-7,12,15H,3,8-9H2,1-2H3. The highest BCUT2D eigenvalue weighted by Gasteiger charge is 2.27. The van der Waals surface area contributed by atoms with Gasteiger partial charge in [0.25, 0.3) is 0 Å². The molecule has 2 aromatic rings. The topological polar surface area (TPSA) is 42.7 Å². The average Bonchev–Trinajstić information content (AvgIpc) is 2.95. The molecule has 18 heavy (non-hydrogen) atoms. The third-order valence-electron chi connectivity index (χ3n) is 3.56. The number of aryl methyl sites for hydroxylation is 1. The molecule has 1 unspecified atom stereocenters. The number of nitrogens with one attached hydrogen (secondary N) is 1. The van der Waals surface area contributed by atoms with Crippen LogP contribution in [0.15, 0.2) is 24.3 Å². The van der Waals surface area contributed by atoms with E-state index in [4.69, 9.17) is 0 Å². The van der Waals surface area contributed by atoms with Gasteiger partial charge in [0.2, 0.25) is 0 Å². The monoisotopic (exact) mass is 242 g/mol. The number of fused-ring (bicyclic) bond motifs is 1. The highest BCUT2D eigenvalue weighted by atomic mass is 15.3. The van der Waals surface area contributed by atoms with E-state index < -0.39 is 0 Å². The quantitative estimate of drug-likeness (QED) is 0.899. The maximum Gasteiger partial charge on any atom is 0.142 e. The Morgan fingerprint density at radius 1 is 1.33 bits per heavy atom. The molecule has 2 heterocycles. The van der Waals surface area contributed by atoms with Crippen molar-refractivity contribution in [2.24, 2.45) is 0 Å². The lowest BCUT2D eigenvalue weighted by Crippen LogP contribution is -2.13. The molecule has 4 heteroatoms. The van der Waals surface area contributed by atoms with E-state index in [0.29, 0.717) is 5.92 Å². The van der Waals surface area contributed by atoms with Gasteiger partial charge in [0.05, 0.1) is 5.92 Å². The first-order valence-electron chi connectivity index (χ1n) is 6.53. The Bertz CT molecular complexity index is 559. The van der Waals surface area contributed by atoms with E-state index in [9.17, 15) is 0 Å². The van der Waals surface area contributed by atoms with Crippen LogP contribution < -0.4 is 5.32 Å². The zero-order valence-electron chi connectivity index (χ0n) is 10.8. The van der Waals surface area contributed by atoms with Crippen molar-refractivity contribution in [1.29, 1.82) is 0 Å². The maximum atomic E-state index is 4.39. The summed E-state index contributed by atoms with van der Waals surface area (Å²) in [6.07, 6.45) is 1.10. The highest BCUT2D eigenvalue weighted by Crippen LogP contribution is 2.35. The predicted molar refractivity (Wildman–Crippen MR) is 71.8 cm³/mol. The number of rotatable bonds is 3. The lowest BCUT2D eigenvalue weighted by Gasteiger charge is -2.12. The minimum absolute atomic E-state index is 0.328. The molecule has 0 saturated carbocycles. The number of hydrogen-bond donors (Lipinski definition) is 1. The van der Waals surface area contributed by atoms with Gasteiger partial charge < -0.3 is 9.88 Å². The molecule has 4 nitrogen and oxygen atoms in total. The van der Waals surface area contributed by atoms with Gasteiger partial charge in [-0.15, -0.1) is 10.2 Å². The van der Waals surface area contributed by atoms with Crippen molar-refractivity contribution in [3.05, 3.63) is 41.5 Å². The van der Waals surface area contributed by atoms with E-state index in [1.54, 1.807) is 0 Å². The van der Waals surface area contributed by atoms with Gasteiger partial charge >= 0.3 is 0 Å². The lowest BCUT2D eigenvalue weighted by molar-refractivity contribution is 0.606. The molecule has 1 aromatic carbocycles. The van der Waals surface area contributed by atoms with Crippen LogP contribution in [0.1, 0.15) is 36.5 Å². The van der Waals surface area contributed by atoms with E-state index in [2.05, 4.69) is 51.3 Å². The summed E-state index contributed by atoms with van der Waals surface area (Å²) in [6.45, 7) is 6.12. The molecule has 1 aliphatic heterocycles. The van der Waals surface area contributed by atoms with Crippen molar-refractivity contribution >= 4 is 5.69 Å². The molecule has 0 bridgehead atoms. The molecule has 1 aliphatic rings. The van der Waals surface area contributed by atoms with Crippen LogP contribution in [0.25, 0.3) is 0 Å². The summed E-state index contributed by atoms with van der Waals surface area (Å²) >= 11 is 0. The molecule has 1 N–H and O–H groups in total. The summed E-state index contributed by atoms with van der Waals surface area (Å²) in [4.78, 5) is 0. The van der Waals surface area contributed by atoms with Gasteiger partial charge in [-0.3, -0.25) is 0 Å². The second kappa shape index (κ2) is 4.44. The SMILES string of the molecule is CCCn1c(C)nnc1C1CNc2ccccc21. The Kier molecular flexibility index (Phi) is 2.78. The minimum atomic E-state index is 0.328. The van der Waals surface area contributed by atoms with Crippen LogP contribution in [0.5, 0.6) is 0 Å². The van der Waals surface area contributed by atoms with Crippen LogP contribution >= 0.6 is 0 Å². The molecule has 0 amide bonds. The van der Waals surface area contributed by atoms with Crippen molar-refractivity contribution in [1.82, 2.24) is 14.8 Å². The first-order chi connectivity index (χ1) is 8.81. The predicted octanol–water partition coefficient (Wildman–Crippen LogP) is 2.55. The van der Waals surface area contributed by atoms with E-state index >= 15 is 0 Å². The molecular formula is C14H18N4. The molecule has 1 atom stereocenters. The number of nitrogens with zero attached hydrogens (tertiary/aromatic N) is 3. The fourth-order valence-electron chi connectivity index (χ4n) is 2.67. The third-order valence-corrected chi connectivity index (χ3v) is 3.56. The van der Waals surface area contributed by atoms with Gasteiger partial charge in [0, 0.05) is 18.8 Å². The van der Waals surface area contributed by atoms with E-state index in [1.807, 2.05) is 6.92 Å². The van der Waals surface area contributed by atoms with Crippen LogP contribution in [0.2, 0.25) is 0 Å². The molecular weight excluding hydrogens is 224 g/mol. The lowest BCUT2D eigenvalue weighted by atomic mass is 10.0. The van der Waals surface area contributed by atoms with Gasteiger partial charge in [-0.25, -0.2) is 0 Å². The summed E-state index contributed by atoms with van der Waals surface area (Å²) in [5, 5.41) is 12.1. The second-order valence-electron chi connectivity index (χ2n) is 4.78. The number of anilines is 1. The van der Waals surface area contributed by atoms with E-state index in [-0.39, 0.29) is 0 Å². The van der Waals surface area contributed by atoms with Crippen molar-refractivity contribution in [3.8, 4) is 0 Å². The number of aromatic nitrogens is 3. The fraction of sp³-hybridized carbons (Fsp3) is 0.429.